The summed E-state index contributed by atoms with van der Waals surface area (Å²) in [6, 6.07) is 1.78. The molecular formula is C11H13Cl2NO2. The normalized spacial score (nSPS) is 20.0. The van der Waals surface area contributed by atoms with Gasteiger partial charge in [-0.2, -0.15) is 0 Å². The molecule has 1 aromatic heterocycles. The summed E-state index contributed by atoms with van der Waals surface area (Å²) in [5.41, 5.74) is 0.844. The van der Waals surface area contributed by atoms with Crippen LogP contribution in [0.5, 0.6) is 5.88 Å². The summed E-state index contributed by atoms with van der Waals surface area (Å²) < 4.78 is 10.8. The number of halogens is 2. The maximum atomic E-state index is 5.90. The highest BCUT2D eigenvalue weighted by Crippen LogP contribution is 2.22. The summed E-state index contributed by atoms with van der Waals surface area (Å²) in [4.78, 5) is 4.09. The fraction of sp³-hybridized carbons (Fsp3) is 0.545. The van der Waals surface area contributed by atoms with Crippen molar-refractivity contribution in [3.63, 3.8) is 0 Å². The van der Waals surface area contributed by atoms with Crippen molar-refractivity contribution in [3.8, 4) is 5.88 Å². The Balaban J connectivity index is 1.93. The summed E-state index contributed by atoms with van der Waals surface area (Å²) in [5.74, 6) is 1.41. The SMILES string of the molecule is ClCc1cc(OCC2CCOC2)ncc1Cl. The van der Waals surface area contributed by atoms with Gasteiger partial charge in [0.2, 0.25) is 5.88 Å². The van der Waals surface area contributed by atoms with Crippen molar-refractivity contribution in [3.05, 3.63) is 22.8 Å². The van der Waals surface area contributed by atoms with Gasteiger partial charge in [0, 0.05) is 30.7 Å². The Hall–Kier alpha value is -0.510. The van der Waals surface area contributed by atoms with Gasteiger partial charge in [0.25, 0.3) is 0 Å². The molecule has 0 amide bonds. The lowest BCUT2D eigenvalue weighted by Gasteiger charge is -2.10. The fourth-order valence-corrected chi connectivity index (χ4v) is 2.02. The van der Waals surface area contributed by atoms with E-state index in [4.69, 9.17) is 32.7 Å². The van der Waals surface area contributed by atoms with E-state index >= 15 is 0 Å². The molecule has 1 fully saturated rings. The maximum absolute atomic E-state index is 5.90. The van der Waals surface area contributed by atoms with Gasteiger partial charge in [0.1, 0.15) is 0 Å². The second kappa shape index (κ2) is 5.71. The third kappa shape index (κ3) is 3.00. The minimum absolute atomic E-state index is 0.365. The van der Waals surface area contributed by atoms with Crippen molar-refractivity contribution in [1.29, 1.82) is 0 Å². The molecule has 0 aromatic carbocycles. The van der Waals surface area contributed by atoms with Crippen molar-refractivity contribution >= 4 is 23.2 Å². The number of alkyl halides is 1. The van der Waals surface area contributed by atoms with E-state index in [1.54, 1.807) is 12.3 Å². The third-order valence-electron chi connectivity index (χ3n) is 2.54. The molecule has 0 N–H and O–H groups in total. The van der Waals surface area contributed by atoms with Crippen molar-refractivity contribution < 1.29 is 9.47 Å². The van der Waals surface area contributed by atoms with Crippen LogP contribution in [0.3, 0.4) is 0 Å². The molecule has 1 aliphatic heterocycles. The highest BCUT2D eigenvalue weighted by atomic mass is 35.5. The van der Waals surface area contributed by atoms with Crippen molar-refractivity contribution in [2.24, 2.45) is 5.92 Å². The monoisotopic (exact) mass is 261 g/mol. The molecule has 3 nitrogen and oxygen atoms in total. The summed E-state index contributed by atoms with van der Waals surface area (Å²) in [5, 5.41) is 0.576. The predicted octanol–water partition coefficient (Wildman–Crippen LogP) is 2.89. The van der Waals surface area contributed by atoms with Crippen LogP contribution in [-0.2, 0) is 10.6 Å². The average Bonchev–Trinajstić information content (AvgIpc) is 2.81. The van der Waals surface area contributed by atoms with Gasteiger partial charge in [-0.1, -0.05) is 11.6 Å². The highest BCUT2D eigenvalue weighted by Gasteiger charge is 2.16. The van der Waals surface area contributed by atoms with Crippen molar-refractivity contribution in [2.45, 2.75) is 12.3 Å². The van der Waals surface area contributed by atoms with Crippen molar-refractivity contribution in [2.75, 3.05) is 19.8 Å². The van der Waals surface area contributed by atoms with E-state index in [2.05, 4.69) is 4.98 Å². The van der Waals surface area contributed by atoms with Gasteiger partial charge in [0.05, 0.1) is 18.2 Å². The summed E-state index contributed by atoms with van der Waals surface area (Å²) in [6.45, 7) is 2.24. The lowest BCUT2D eigenvalue weighted by molar-refractivity contribution is 0.165. The van der Waals surface area contributed by atoms with Gasteiger partial charge >= 0.3 is 0 Å². The fourth-order valence-electron chi connectivity index (χ4n) is 1.56. The van der Waals surface area contributed by atoms with Crippen LogP contribution in [0, 0.1) is 5.92 Å². The summed E-state index contributed by atoms with van der Waals surface area (Å²) in [6.07, 6.45) is 2.62. The molecule has 1 aromatic rings. The maximum Gasteiger partial charge on any atom is 0.213 e. The third-order valence-corrected chi connectivity index (χ3v) is 3.17. The first-order valence-electron chi connectivity index (χ1n) is 5.20. The Bertz CT molecular complexity index is 354. The van der Waals surface area contributed by atoms with E-state index in [1.807, 2.05) is 0 Å². The van der Waals surface area contributed by atoms with E-state index in [0.717, 1.165) is 25.2 Å². The molecule has 1 atom stereocenters. The summed E-state index contributed by atoms with van der Waals surface area (Å²) >= 11 is 11.6. The van der Waals surface area contributed by atoms with Crippen LogP contribution in [-0.4, -0.2) is 24.8 Å². The van der Waals surface area contributed by atoms with Gasteiger partial charge in [-0.15, -0.1) is 11.6 Å². The molecule has 16 heavy (non-hydrogen) atoms. The summed E-state index contributed by atoms with van der Waals surface area (Å²) in [7, 11) is 0. The second-order valence-corrected chi connectivity index (χ2v) is 4.46. The van der Waals surface area contributed by atoms with Crippen LogP contribution in [0.4, 0.5) is 0 Å². The Morgan fingerprint density at radius 3 is 3.12 bits per heavy atom. The highest BCUT2D eigenvalue weighted by molar-refractivity contribution is 6.32. The minimum Gasteiger partial charge on any atom is -0.477 e. The van der Waals surface area contributed by atoms with Crippen molar-refractivity contribution in [1.82, 2.24) is 4.98 Å². The molecule has 0 aliphatic carbocycles. The molecule has 5 heteroatoms. The molecule has 2 rings (SSSR count). The number of nitrogens with zero attached hydrogens (tertiary/aromatic N) is 1. The average molecular weight is 262 g/mol. The first-order chi connectivity index (χ1) is 7.79. The number of hydrogen-bond acceptors (Lipinski definition) is 3. The van der Waals surface area contributed by atoms with Gasteiger partial charge < -0.3 is 9.47 Å². The van der Waals surface area contributed by atoms with Crippen LogP contribution in [0.2, 0.25) is 5.02 Å². The minimum atomic E-state index is 0.365. The largest absolute Gasteiger partial charge is 0.477 e. The van der Waals surface area contributed by atoms with E-state index in [-0.39, 0.29) is 0 Å². The lowest BCUT2D eigenvalue weighted by atomic mass is 10.1. The molecule has 1 unspecified atom stereocenters. The zero-order valence-corrected chi connectivity index (χ0v) is 10.3. The Morgan fingerprint density at radius 2 is 2.44 bits per heavy atom. The number of pyridine rings is 1. The van der Waals surface area contributed by atoms with Crippen LogP contribution in [0.15, 0.2) is 12.3 Å². The quantitative estimate of drug-likeness (QED) is 0.782. The number of ether oxygens (including phenoxy) is 2. The predicted molar refractivity (Wildman–Crippen MR) is 63.2 cm³/mol. The van der Waals surface area contributed by atoms with E-state index in [1.165, 1.54) is 0 Å². The van der Waals surface area contributed by atoms with Gasteiger partial charge in [-0.25, -0.2) is 4.98 Å². The molecule has 0 spiro atoms. The number of rotatable bonds is 4. The van der Waals surface area contributed by atoms with Gasteiger partial charge in [-0.3, -0.25) is 0 Å². The topological polar surface area (TPSA) is 31.4 Å². The van der Waals surface area contributed by atoms with Crippen LogP contribution >= 0.6 is 23.2 Å². The smallest absolute Gasteiger partial charge is 0.213 e. The van der Waals surface area contributed by atoms with Gasteiger partial charge in [0.15, 0.2) is 0 Å². The molecular weight excluding hydrogens is 249 g/mol. The van der Waals surface area contributed by atoms with Crippen LogP contribution in [0.25, 0.3) is 0 Å². The van der Waals surface area contributed by atoms with Crippen LogP contribution in [0.1, 0.15) is 12.0 Å². The van der Waals surface area contributed by atoms with Gasteiger partial charge in [-0.05, 0) is 12.0 Å². The molecule has 1 saturated heterocycles. The molecule has 1 aliphatic rings. The molecule has 0 bridgehead atoms. The second-order valence-electron chi connectivity index (χ2n) is 3.79. The molecule has 88 valence electrons. The van der Waals surface area contributed by atoms with Crippen LogP contribution < -0.4 is 4.74 Å². The lowest BCUT2D eigenvalue weighted by Crippen LogP contribution is -2.12. The van der Waals surface area contributed by atoms with E-state index in [0.29, 0.717) is 29.3 Å². The zero-order chi connectivity index (χ0) is 11.4. The molecule has 0 radical (unpaired) electrons. The Morgan fingerprint density at radius 1 is 1.56 bits per heavy atom. The Labute approximate surface area is 105 Å². The molecule has 2 heterocycles. The van der Waals surface area contributed by atoms with E-state index in [9.17, 15) is 0 Å². The van der Waals surface area contributed by atoms with E-state index < -0.39 is 0 Å². The number of hydrogen-bond donors (Lipinski definition) is 0. The standard InChI is InChI=1S/C11H13Cl2NO2/c12-4-9-3-11(14-5-10(9)13)16-7-8-1-2-15-6-8/h3,5,8H,1-2,4,6-7H2. The number of aromatic nitrogens is 1. The first-order valence-corrected chi connectivity index (χ1v) is 6.12. The molecule has 0 saturated carbocycles. The first kappa shape index (κ1) is 12.0. The zero-order valence-electron chi connectivity index (χ0n) is 8.79. The Kier molecular flexibility index (Phi) is 4.27.